The van der Waals surface area contributed by atoms with Crippen molar-refractivity contribution in [3.8, 4) is 5.75 Å². The van der Waals surface area contributed by atoms with Gasteiger partial charge in [-0.05, 0) is 24.3 Å². The summed E-state index contributed by atoms with van der Waals surface area (Å²) in [5, 5.41) is 19.1. The molecule has 2 aromatic heterocycles. The number of Topliss-reactive ketones (excluding diaryl/α,β-unsaturated/α-hetero) is 1. The number of allylic oxidation sites excluding steroid dienone is 2. The molecule has 4 rings (SSSR count). The topological polar surface area (TPSA) is 129 Å². The highest BCUT2D eigenvalue weighted by atomic mass is 16.5. The van der Waals surface area contributed by atoms with E-state index in [1.807, 2.05) is 29.8 Å². The molecular weight excluding hydrogens is 426 g/mol. The molecule has 0 bridgehead atoms. The van der Waals surface area contributed by atoms with Crippen LogP contribution in [0.15, 0.2) is 36.1 Å². The Bertz CT molecular complexity index is 1200. The third-order valence-corrected chi connectivity index (χ3v) is 5.39. The second-order valence-electron chi connectivity index (χ2n) is 6.99. The van der Waals surface area contributed by atoms with Crippen LogP contribution < -0.4 is 10.5 Å². The molecule has 9 heteroatoms. The van der Waals surface area contributed by atoms with E-state index in [0.29, 0.717) is 22.8 Å². The number of hydrogen-bond donors (Lipinski definition) is 3. The number of aromatic nitrogens is 2. The number of carbonyl (C=O) groups excluding carboxylic acids is 2. The van der Waals surface area contributed by atoms with Crippen LogP contribution in [-0.4, -0.2) is 45.1 Å². The molecule has 0 radical (unpaired) electrons. The molecule has 1 aromatic carbocycles. The van der Waals surface area contributed by atoms with E-state index in [1.54, 1.807) is 14.2 Å². The zero-order valence-corrected chi connectivity index (χ0v) is 17.8. The van der Waals surface area contributed by atoms with Crippen molar-refractivity contribution in [3.05, 3.63) is 58.7 Å². The second-order valence-corrected chi connectivity index (χ2v) is 6.99. The smallest absolute Gasteiger partial charge is 0.229 e. The minimum absolute atomic E-state index is 0. The highest BCUT2D eigenvalue weighted by Gasteiger charge is 2.30. The van der Waals surface area contributed by atoms with Gasteiger partial charge in [-0.1, -0.05) is 14.9 Å². The van der Waals surface area contributed by atoms with E-state index in [0.717, 1.165) is 16.6 Å². The number of benzene rings is 1. The molecule has 9 nitrogen and oxygen atoms in total. The van der Waals surface area contributed by atoms with Crippen molar-refractivity contribution < 1.29 is 29.3 Å². The molecular formula is C24H33N3O6. The van der Waals surface area contributed by atoms with Crippen molar-refractivity contribution >= 4 is 28.2 Å². The molecule has 0 spiro atoms. The number of aliphatic hydroxyl groups excluding tert-OH is 2. The summed E-state index contributed by atoms with van der Waals surface area (Å²) in [5.41, 5.74) is 9.51. The Morgan fingerprint density at radius 1 is 0.939 bits per heavy atom. The number of carbonyl (C=O) groups is 2. The predicted octanol–water partition coefficient (Wildman–Crippen LogP) is 2.96. The molecule has 1 aliphatic carbocycles. The number of nitrogens with zero attached hydrogens (tertiary/aromatic N) is 2. The Hall–Kier alpha value is -3.56. The molecule has 0 saturated heterocycles. The van der Waals surface area contributed by atoms with Crippen LogP contribution in [0.1, 0.15) is 47.1 Å². The van der Waals surface area contributed by atoms with Gasteiger partial charge in [0, 0.05) is 36.9 Å². The second kappa shape index (κ2) is 10.8. The number of ether oxygens (including phenoxy) is 2. The number of aryl methyl sites for hydroxylation is 1. The Balaban J connectivity index is 0.000000312. The van der Waals surface area contributed by atoms with E-state index in [1.165, 1.54) is 23.8 Å². The summed E-state index contributed by atoms with van der Waals surface area (Å²) < 4.78 is 13.4. The molecule has 1 aliphatic rings. The number of rotatable bonds is 4. The van der Waals surface area contributed by atoms with E-state index in [4.69, 9.17) is 25.4 Å². The minimum atomic E-state index is -0.326. The van der Waals surface area contributed by atoms with Gasteiger partial charge in [0.1, 0.15) is 11.4 Å². The van der Waals surface area contributed by atoms with Crippen LogP contribution in [0, 0.1) is 0 Å². The summed E-state index contributed by atoms with van der Waals surface area (Å²) in [4.78, 5) is 23.6. The van der Waals surface area contributed by atoms with Crippen LogP contribution in [0.4, 0.5) is 5.69 Å². The van der Waals surface area contributed by atoms with Crippen molar-refractivity contribution in [2.45, 2.75) is 28.1 Å². The van der Waals surface area contributed by atoms with Crippen LogP contribution in [-0.2, 0) is 32.0 Å². The Morgan fingerprint density at radius 2 is 1.55 bits per heavy atom. The van der Waals surface area contributed by atoms with Gasteiger partial charge in [-0.25, -0.2) is 0 Å². The first-order chi connectivity index (χ1) is 14.8. The van der Waals surface area contributed by atoms with Crippen molar-refractivity contribution in [2.75, 3.05) is 20.0 Å². The number of ketones is 2. The third kappa shape index (κ3) is 4.64. The van der Waals surface area contributed by atoms with Gasteiger partial charge in [0.15, 0.2) is 5.76 Å². The number of aliphatic hydroxyl groups is 2. The highest BCUT2D eigenvalue weighted by molar-refractivity contribution is 6.23. The van der Waals surface area contributed by atoms with Gasteiger partial charge in [-0.2, -0.15) is 0 Å². The zero-order valence-electron chi connectivity index (χ0n) is 17.8. The molecule has 0 unspecified atom stereocenters. The average Bonchev–Trinajstić information content (AvgIpc) is 3.29. The molecule has 0 aliphatic heterocycles. The average molecular weight is 460 g/mol. The first-order valence-corrected chi connectivity index (χ1v) is 9.44. The van der Waals surface area contributed by atoms with E-state index in [9.17, 15) is 9.59 Å². The fraction of sp³-hybridized carbons (Fsp3) is 0.333. The summed E-state index contributed by atoms with van der Waals surface area (Å²) in [6.07, 6.45) is 1.17. The van der Waals surface area contributed by atoms with E-state index in [2.05, 4.69) is 0 Å². The van der Waals surface area contributed by atoms with Crippen molar-refractivity contribution in [1.82, 2.24) is 9.13 Å². The van der Waals surface area contributed by atoms with Crippen LogP contribution in [0.2, 0.25) is 0 Å². The third-order valence-electron chi connectivity index (χ3n) is 5.39. The molecule has 0 amide bonds. The first-order valence-electron chi connectivity index (χ1n) is 9.44. The maximum atomic E-state index is 11.8. The summed E-state index contributed by atoms with van der Waals surface area (Å²) in [6.45, 7) is -0.209. The molecule has 180 valence electrons. The summed E-state index contributed by atoms with van der Waals surface area (Å²) in [6, 6.07) is 7.16. The molecule has 0 atom stereocenters. The highest BCUT2D eigenvalue weighted by Crippen LogP contribution is 2.32. The molecule has 4 N–H and O–H groups in total. The van der Waals surface area contributed by atoms with Gasteiger partial charge in [0.2, 0.25) is 11.6 Å². The molecule has 33 heavy (non-hydrogen) atoms. The first kappa shape index (κ1) is 27.5. The maximum absolute atomic E-state index is 11.8. The minimum Gasteiger partial charge on any atom is -0.495 e. The lowest BCUT2D eigenvalue weighted by molar-refractivity contribution is 0.0914. The number of anilines is 1. The number of nitrogens with two attached hydrogens (primary N) is 1. The van der Waals surface area contributed by atoms with Gasteiger partial charge in [-0.15, -0.1) is 0 Å². The number of methoxy groups -OCH3 is 2. The fourth-order valence-electron chi connectivity index (χ4n) is 3.61. The Kier molecular flexibility index (Phi) is 9.03. The van der Waals surface area contributed by atoms with Crippen molar-refractivity contribution in [3.63, 3.8) is 0 Å². The van der Waals surface area contributed by atoms with Crippen LogP contribution in [0.3, 0.4) is 0 Å². The molecule has 2 heterocycles. The van der Waals surface area contributed by atoms with Crippen LogP contribution in [0.25, 0.3) is 10.9 Å². The lowest BCUT2D eigenvalue weighted by Crippen LogP contribution is -2.19. The zero-order chi connectivity index (χ0) is 22.9. The Morgan fingerprint density at radius 3 is 2.09 bits per heavy atom. The van der Waals surface area contributed by atoms with Crippen molar-refractivity contribution in [2.24, 2.45) is 14.1 Å². The van der Waals surface area contributed by atoms with E-state index < -0.39 is 0 Å². The molecule has 0 saturated carbocycles. The number of fused-ring (bicyclic) bond motifs is 2. The lowest BCUT2D eigenvalue weighted by atomic mass is 10.0. The SMILES string of the molecule is C.C.COC1=CC(=O)c2c(cc(CO)n2C)C1=O.COc1ccc2c(cc(CO)n2C)c1N. The van der Waals surface area contributed by atoms with Gasteiger partial charge >= 0.3 is 0 Å². The monoisotopic (exact) mass is 459 g/mol. The van der Waals surface area contributed by atoms with Crippen molar-refractivity contribution in [1.29, 1.82) is 0 Å². The summed E-state index contributed by atoms with van der Waals surface area (Å²) in [5.74, 6) is 0.0891. The normalized spacial score (nSPS) is 12.1. The summed E-state index contributed by atoms with van der Waals surface area (Å²) in [7, 11) is 6.48. The fourth-order valence-corrected chi connectivity index (χ4v) is 3.61. The van der Waals surface area contributed by atoms with Gasteiger partial charge < -0.3 is 34.6 Å². The lowest BCUT2D eigenvalue weighted by Gasteiger charge is -2.11. The van der Waals surface area contributed by atoms with E-state index >= 15 is 0 Å². The maximum Gasteiger partial charge on any atom is 0.229 e. The van der Waals surface area contributed by atoms with E-state index in [-0.39, 0.29) is 51.0 Å². The van der Waals surface area contributed by atoms with Gasteiger partial charge in [-0.3, -0.25) is 9.59 Å². The number of hydrogen-bond acceptors (Lipinski definition) is 7. The largest absolute Gasteiger partial charge is 0.495 e. The van der Waals surface area contributed by atoms with Gasteiger partial charge in [0.05, 0.1) is 44.2 Å². The number of nitrogen functional groups attached to an aromatic ring is 1. The Labute approximate surface area is 193 Å². The summed E-state index contributed by atoms with van der Waals surface area (Å²) >= 11 is 0. The predicted molar refractivity (Wildman–Crippen MR) is 128 cm³/mol. The molecule has 0 fully saturated rings. The van der Waals surface area contributed by atoms with Crippen LogP contribution in [0.5, 0.6) is 5.75 Å². The quantitative estimate of drug-likeness (QED) is 0.512. The molecule has 3 aromatic rings. The standard InChI is InChI=1S/C11H14N2O2.C11H11NO4.2CH4/c1-13-7(6-14)5-8-9(13)3-4-10(15-2)11(8)12;1-12-6(5-13)3-7-10(12)8(14)4-9(16-2)11(7)15;;/h3-5,14H,6,12H2,1-2H3;3-4,13H,5H2,1-2H3;2*1H4. The van der Waals surface area contributed by atoms with Gasteiger partial charge in [0.25, 0.3) is 0 Å². The van der Waals surface area contributed by atoms with Crippen LogP contribution >= 0.6 is 0 Å².